The molecule has 0 unspecified atom stereocenters. The van der Waals surface area contributed by atoms with E-state index in [4.69, 9.17) is 11.6 Å². The topological polar surface area (TPSA) is 86.8 Å². The summed E-state index contributed by atoms with van der Waals surface area (Å²) in [6.07, 6.45) is 0.677. The molecule has 0 aliphatic carbocycles. The van der Waals surface area contributed by atoms with Crippen LogP contribution in [0, 0.1) is 19.7 Å². The van der Waals surface area contributed by atoms with E-state index in [1.165, 1.54) is 35.2 Å². The Morgan fingerprint density at radius 2 is 1.62 bits per heavy atom. The van der Waals surface area contributed by atoms with Crippen molar-refractivity contribution in [1.82, 2.24) is 10.2 Å². The molecule has 0 bridgehead atoms. The molecule has 0 heterocycles. The standard InChI is InChI=1S/C30H35ClFN3O4S/c1-6-21(3)33-30(37)23(5)34(18-24-10-7-8-12-27(24)32)29(36)19-35(28-13-9-11-26(31)22(28)4)40(38,39)25-16-14-20(2)15-17-25/h7-17,21,23H,6,18-19H2,1-5H3,(H,33,37)/t21-,23+/m1/s1. The Balaban J connectivity index is 2.08. The number of rotatable bonds is 11. The van der Waals surface area contributed by atoms with Gasteiger partial charge in [0.2, 0.25) is 11.8 Å². The smallest absolute Gasteiger partial charge is 0.264 e. The van der Waals surface area contributed by atoms with E-state index < -0.39 is 40.2 Å². The maximum Gasteiger partial charge on any atom is 0.264 e. The maximum atomic E-state index is 14.7. The second-order valence-electron chi connectivity index (χ2n) is 9.82. The summed E-state index contributed by atoms with van der Waals surface area (Å²) < 4.78 is 43.5. The van der Waals surface area contributed by atoms with Crippen LogP contribution < -0.4 is 9.62 Å². The van der Waals surface area contributed by atoms with Crippen molar-refractivity contribution in [3.63, 3.8) is 0 Å². The first-order valence-electron chi connectivity index (χ1n) is 13.0. The molecule has 0 spiro atoms. The van der Waals surface area contributed by atoms with Gasteiger partial charge in [-0.05, 0) is 70.0 Å². The van der Waals surface area contributed by atoms with Crippen molar-refractivity contribution < 1.29 is 22.4 Å². The average molecular weight is 588 g/mol. The summed E-state index contributed by atoms with van der Waals surface area (Å²) in [4.78, 5) is 28.2. The Labute approximate surface area is 241 Å². The van der Waals surface area contributed by atoms with Gasteiger partial charge in [0.1, 0.15) is 18.4 Å². The maximum absolute atomic E-state index is 14.7. The minimum absolute atomic E-state index is 0.00603. The van der Waals surface area contributed by atoms with E-state index in [1.54, 1.807) is 50.2 Å². The Hall–Kier alpha value is -3.43. The molecule has 2 atom stereocenters. The van der Waals surface area contributed by atoms with Crippen LogP contribution >= 0.6 is 11.6 Å². The van der Waals surface area contributed by atoms with Crippen molar-refractivity contribution in [2.24, 2.45) is 0 Å². The van der Waals surface area contributed by atoms with Crippen LogP contribution in [-0.4, -0.2) is 43.8 Å². The SMILES string of the molecule is CC[C@@H](C)NC(=O)[C@H](C)N(Cc1ccccc1F)C(=O)CN(c1cccc(Cl)c1C)S(=O)(=O)c1ccc(C)cc1. The molecule has 0 radical (unpaired) electrons. The normalized spacial score (nSPS) is 12.9. The molecule has 3 rings (SSSR count). The van der Waals surface area contributed by atoms with Crippen LogP contribution in [0.4, 0.5) is 10.1 Å². The molecule has 7 nitrogen and oxygen atoms in total. The third-order valence-electron chi connectivity index (χ3n) is 6.86. The lowest BCUT2D eigenvalue weighted by Crippen LogP contribution is -2.52. The van der Waals surface area contributed by atoms with E-state index in [0.717, 1.165) is 9.87 Å². The molecular weight excluding hydrogens is 553 g/mol. The van der Waals surface area contributed by atoms with Gasteiger partial charge in [0.25, 0.3) is 10.0 Å². The van der Waals surface area contributed by atoms with E-state index in [-0.39, 0.29) is 28.7 Å². The molecule has 2 amide bonds. The summed E-state index contributed by atoms with van der Waals surface area (Å²) in [5, 5.41) is 3.18. The van der Waals surface area contributed by atoms with Crippen LogP contribution in [0.1, 0.15) is 43.9 Å². The molecule has 10 heteroatoms. The van der Waals surface area contributed by atoms with E-state index in [0.29, 0.717) is 17.0 Å². The molecule has 3 aromatic carbocycles. The third kappa shape index (κ3) is 7.20. The number of hydrogen-bond donors (Lipinski definition) is 1. The first kappa shape index (κ1) is 31.1. The Morgan fingerprint density at radius 3 is 2.25 bits per heavy atom. The second-order valence-corrected chi connectivity index (χ2v) is 12.1. The highest BCUT2D eigenvalue weighted by molar-refractivity contribution is 7.92. The van der Waals surface area contributed by atoms with Gasteiger partial charge in [-0.2, -0.15) is 0 Å². The van der Waals surface area contributed by atoms with Gasteiger partial charge in [0.15, 0.2) is 0 Å². The van der Waals surface area contributed by atoms with E-state index >= 15 is 0 Å². The Kier molecular flexibility index (Phi) is 10.3. The lowest BCUT2D eigenvalue weighted by Gasteiger charge is -2.33. The lowest BCUT2D eigenvalue weighted by atomic mass is 10.1. The zero-order valence-corrected chi connectivity index (χ0v) is 24.9. The minimum Gasteiger partial charge on any atom is -0.352 e. The monoisotopic (exact) mass is 587 g/mol. The van der Waals surface area contributed by atoms with Crippen molar-refractivity contribution in [3.8, 4) is 0 Å². The van der Waals surface area contributed by atoms with Gasteiger partial charge in [0, 0.05) is 23.2 Å². The summed E-state index contributed by atoms with van der Waals surface area (Å²) in [5.41, 5.74) is 1.77. The minimum atomic E-state index is -4.24. The average Bonchev–Trinajstić information content (AvgIpc) is 2.92. The zero-order chi connectivity index (χ0) is 29.6. The number of sulfonamides is 1. The molecule has 1 N–H and O–H groups in total. The van der Waals surface area contributed by atoms with Gasteiger partial charge >= 0.3 is 0 Å². The van der Waals surface area contributed by atoms with Crippen LogP contribution in [-0.2, 0) is 26.2 Å². The summed E-state index contributed by atoms with van der Waals surface area (Å²) in [6, 6.07) is 15.9. The molecule has 0 aliphatic heterocycles. The highest BCUT2D eigenvalue weighted by atomic mass is 35.5. The summed E-state index contributed by atoms with van der Waals surface area (Å²) in [7, 11) is -4.24. The fourth-order valence-corrected chi connectivity index (χ4v) is 5.72. The van der Waals surface area contributed by atoms with Crippen LogP contribution in [0.15, 0.2) is 71.6 Å². The molecule has 0 saturated carbocycles. The number of carbonyl (C=O) groups excluding carboxylic acids is 2. The summed E-state index contributed by atoms with van der Waals surface area (Å²) >= 11 is 6.34. The first-order valence-corrected chi connectivity index (χ1v) is 14.9. The number of nitrogens with one attached hydrogen (secondary N) is 1. The van der Waals surface area contributed by atoms with Crippen LogP contribution in [0.5, 0.6) is 0 Å². The first-order chi connectivity index (χ1) is 18.9. The van der Waals surface area contributed by atoms with E-state index in [1.807, 2.05) is 20.8 Å². The fourth-order valence-electron chi connectivity index (χ4n) is 4.08. The largest absolute Gasteiger partial charge is 0.352 e. The number of amides is 2. The fraction of sp³-hybridized carbons (Fsp3) is 0.333. The second kappa shape index (κ2) is 13.3. The number of nitrogens with zero attached hydrogens (tertiary/aromatic N) is 2. The molecule has 0 aromatic heterocycles. The number of carbonyl (C=O) groups is 2. The molecule has 40 heavy (non-hydrogen) atoms. The van der Waals surface area contributed by atoms with Crippen molar-refractivity contribution in [2.45, 2.75) is 64.6 Å². The molecule has 214 valence electrons. The van der Waals surface area contributed by atoms with Crippen LogP contribution in [0.3, 0.4) is 0 Å². The van der Waals surface area contributed by atoms with Gasteiger partial charge in [0.05, 0.1) is 10.6 Å². The van der Waals surface area contributed by atoms with E-state index in [9.17, 15) is 22.4 Å². The van der Waals surface area contributed by atoms with Crippen molar-refractivity contribution in [1.29, 1.82) is 0 Å². The quantitative estimate of drug-likeness (QED) is 0.315. The highest BCUT2D eigenvalue weighted by Gasteiger charge is 2.33. The van der Waals surface area contributed by atoms with Crippen molar-refractivity contribution in [2.75, 3.05) is 10.8 Å². The number of halogens is 2. The molecule has 3 aromatic rings. The molecule has 0 aliphatic rings. The summed E-state index contributed by atoms with van der Waals surface area (Å²) in [6.45, 7) is 7.94. The third-order valence-corrected chi connectivity index (χ3v) is 9.05. The van der Waals surface area contributed by atoms with Crippen molar-refractivity contribution >= 4 is 39.1 Å². The molecule has 0 saturated heterocycles. The highest BCUT2D eigenvalue weighted by Crippen LogP contribution is 2.31. The van der Waals surface area contributed by atoms with Gasteiger partial charge < -0.3 is 10.2 Å². The van der Waals surface area contributed by atoms with Gasteiger partial charge in [-0.25, -0.2) is 12.8 Å². The number of anilines is 1. The Morgan fingerprint density at radius 1 is 0.975 bits per heavy atom. The van der Waals surface area contributed by atoms with Crippen molar-refractivity contribution in [3.05, 3.63) is 94.3 Å². The Bertz CT molecular complexity index is 1460. The number of aryl methyl sites for hydroxylation is 1. The van der Waals surface area contributed by atoms with Crippen LogP contribution in [0.25, 0.3) is 0 Å². The lowest BCUT2D eigenvalue weighted by molar-refractivity contribution is -0.139. The van der Waals surface area contributed by atoms with Gasteiger partial charge in [-0.1, -0.05) is 60.5 Å². The zero-order valence-electron chi connectivity index (χ0n) is 23.3. The summed E-state index contributed by atoms with van der Waals surface area (Å²) in [5.74, 6) is -1.64. The number of hydrogen-bond acceptors (Lipinski definition) is 4. The molecule has 0 fully saturated rings. The van der Waals surface area contributed by atoms with Gasteiger partial charge in [-0.3, -0.25) is 13.9 Å². The predicted octanol–water partition coefficient (Wildman–Crippen LogP) is 5.62. The molecular formula is C30H35ClFN3O4S. The predicted molar refractivity (Wildman–Crippen MR) is 156 cm³/mol. The van der Waals surface area contributed by atoms with E-state index in [2.05, 4.69) is 5.32 Å². The van der Waals surface area contributed by atoms with Gasteiger partial charge in [-0.15, -0.1) is 0 Å². The van der Waals surface area contributed by atoms with Crippen LogP contribution in [0.2, 0.25) is 5.02 Å². The number of benzene rings is 3.